The van der Waals surface area contributed by atoms with Gasteiger partial charge in [-0.1, -0.05) is 0 Å². The van der Waals surface area contributed by atoms with Crippen LogP contribution in [0.25, 0.3) is 0 Å². The summed E-state index contributed by atoms with van der Waals surface area (Å²) in [6.45, 7) is 0. The standard InChI is InChI=1S/C5H8O4/c6-4(7)2-1-3-5(8)9/h1-3H2,(H,6,7)(H,8,9)/i2D. The number of carboxylic acid groups (broad SMARTS) is 2. The van der Waals surface area contributed by atoms with E-state index in [1.807, 2.05) is 0 Å². The van der Waals surface area contributed by atoms with Crippen LogP contribution in [0.1, 0.15) is 20.6 Å². The second-order valence-corrected chi connectivity index (χ2v) is 1.47. The van der Waals surface area contributed by atoms with Gasteiger partial charge in [-0.2, -0.15) is 0 Å². The van der Waals surface area contributed by atoms with E-state index in [0.717, 1.165) is 0 Å². The summed E-state index contributed by atoms with van der Waals surface area (Å²) in [7, 11) is 0. The zero-order valence-electron chi connectivity index (χ0n) is 5.70. The molecule has 0 aliphatic carbocycles. The summed E-state index contributed by atoms with van der Waals surface area (Å²) >= 11 is 0. The van der Waals surface area contributed by atoms with Crippen molar-refractivity contribution in [2.24, 2.45) is 0 Å². The number of hydrogen-bond donors (Lipinski definition) is 2. The highest BCUT2D eigenvalue weighted by Crippen LogP contribution is 1.93. The van der Waals surface area contributed by atoms with Crippen molar-refractivity contribution in [2.75, 3.05) is 0 Å². The summed E-state index contributed by atoms with van der Waals surface area (Å²) in [5.41, 5.74) is 0. The fraction of sp³-hybridized carbons (Fsp3) is 0.600. The van der Waals surface area contributed by atoms with Crippen LogP contribution in [0.15, 0.2) is 0 Å². The summed E-state index contributed by atoms with van der Waals surface area (Å²) in [4.78, 5) is 19.8. The van der Waals surface area contributed by atoms with Gasteiger partial charge in [-0.25, -0.2) is 0 Å². The van der Waals surface area contributed by atoms with E-state index in [0.29, 0.717) is 0 Å². The predicted octanol–water partition coefficient (Wildman–Crippen LogP) is 0.326. The number of hydrogen-bond acceptors (Lipinski definition) is 2. The normalized spacial score (nSPS) is 14.0. The summed E-state index contributed by atoms with van der Waals surface area (Å²) in [6, 6.07) is 0. The van der Waals surface area contributed by atoms with Gasteiger partial charge in [-0.15, -0.1) is 0 Å². The van der Waals surface area contributed by atoms with E-state index >= 15 is 0 Å². The van der Waals surface area contributed by atoms with E-state index in [4.69, 9.17) is 11.6 Å². The quantitative estimate of drug-likeness (QED) is 0.579. The second kappa shape index (κ2) is 3.88. The molecule has 4 heteroatoms. The molecule has 52 valence electrons. The Labute approximate surface area is 53.5 Å². The van der Waals surface area contributed by atoms with Crippen molar-refractivity contribution < 1.29 is 21.2 Å². The Bertz CT molecular complexity index is 145. The minimum atomic E-state index is -1.31. The third-order valence-corrected chi connectivity index (χ3v) is 0.677. The molecule has 0 rings (SSSR count). The molecule has 0 saturated heterocycles. The first-order valence-corrected chi connectivity index (χ1v) is 2.41. The smallest absolute Gasteiger partial charge is 0.303 e. The molecule has 0 fully saturated rings. The maximum absolute atomic E-state index is 9.93. The van der Waals surface area contributed by atoms with E-state index in [-0.39, 0.29) is 12.8 Å². The van der Waals surface area contributed by atoms with Crippen LogP contribution < -0.4 is 0 Å². The highest BCUT2D eigenvalue weighted by Gasteiger charge is 1.99. The van der Waals surface area contributed by atoms with Crippen LogP contribution in [0.5, 0.6) is 0 Å². The van der Waals surface area contributed by atoms with E-state index in [1.54, 1.807) is 0 Å². The molecule has 0 aromatic heterocycles. The highest BCUT2D eigenvalue weighted by atomic mass is 16.4. The summed E-state index contributed by atoms with van der Waals surface area (Å²) in [5.74, 6) is -2.35. The van der Waals surface area contributed by atoms with Crippen molar-refractivity contribution in [3.63, 3.8) is 0 Å². The zero-order chi connectivity index (χ0) is 8.15. The minimum Gasteiger partial charge on any atom is -0.481 e. The van der Waals surface area contributed by atoms with Crippen LogP contribution in [0.4, 0.5) is 0 Å². The monoisotopic (exact) mass is 133 g/mol. The first-order valence-electron chi connectivity index (χ1n) is 2.98. The lowest BCUT2D eigenvalue weighted by Gasteiger charge is -1.89. The van der Waals surface area contributed by atoms with Gasteiger partial charge in [0.1, 0.15) is 0 Å². The molecule has 0 aliphatic rings. The molecule has 9 heavy (non-hydrogen) atoms. The van der Waals surface area contributed by atoms with E-state index in [1.165, 1.54) is 0 Å². The molecule has 0 aromatic rings. The van der Waals surface area contributed by atoms with Gasteiger partial charge in [0.2, 0.25) is 0 Å². The van der Waals surface area contributed by atoms with Gasteiger partial charge in [0.05, 0.1) is 0 Å². The molecule has 1 atom stereocenters. The van der Waals surface area contributed by atoms with Crippen LogP contribution >= 0.6 is 0 Å². The molecule has 0 amide bonds. The number of rotatable bonds is 4. The molecule has 0 saturated carbocycles. The molecular formula is C5H8O4. The van der Waals surface area contributed by atoms with Crippen molar-refractivity contribution in [3.05, 3.63) is 0 Å². The van der Waals surface area contributed by atoms with Crippen LogP contribution in [0.3, 0.4) is 0 Å². The lowest BCUT2D eigenvalue weighted by molar-refractivity contribution is -0.138. The van der Waals surface area contributed by atoms with E-state index in [9.17, 15) is 9.59 Å². The Morgan fingerprint density at radius 3 is 2.22 bits per heavy atom. The van der Waals surface area contributed by atoms with E-state index in [2.05, 4.69) is 0 Å². The Morgan fingerprint density at radius 2 is 1.89 bits per heavy atom. The van der Waals surface area contributed by atoms with Crippen molar-refractivity contribution in [3.8, 4) is 0 Å². The maximum atomic E-state index is 9.93. The fourth-order valence-corrected chi connectivity index (χ4v) is 0.319. The lowest BCUT2D eigenvalue weighted by atomic mass is 10.2. The Kier molecular flexibility index (Phi) is 2.62. The van der Waals surface area contributed by atoms with Gasteiger partial charge in [0.15, 0.2) is 0 Å². The summed E-state index contributed by atoms with van der Waals surface area (Å²) in [5, 5.41) is 16.2. The van der Waals surface area contributed by atoms with Crippen molar-refractivity contribution >= 4 is 11.9 Å². The summed E-state index contributed by atoms with van der Waals surface area (Å²) in [6.07, 6.45) is -1.71. The SMILES string of the molecule is [2H]C(CCC(=O)O)C(=O)O. The Balaban J connectivity index is 3.49. The third kappa shape index (κ3) is 6.94. The molecule has 0 bridgehead atoms. The van der Waals surface area contributed by atoms with Crippen LogP contribution in [0.2, 0.25) is 0 Å². The number of carbonyl (C=O) groups is 2. The maximum Gasteiger partial charge on any atom is 0.303 e. The van der Waals surface area contributed by atoms with Crippen molar-refractivity contribution in [2.45, 2.75) is 19.2 Å². The topological polar surface area (TPSA) is 74.6 Å². The molecule has 4 nitrogen and oxygen atoms in total. The van der Waals surface area contributed by atoms with Gasteiger partial charge < -0.3 is 10.2 Å². The highest BCUT2D eigenvalue weighted by molar-refractivity contribution is 5.69. The van der Waals surface area contributed by atoms with Gasteiger partial charge in [-0.05, 0) is 6.42 Å². The largest absolute Gasteiger partial charge is 0.481 e. The van der Waals surface area contributed by atoms with Gasteiger partial charge in [-0.3, -0.25) is 9.59 Å². The van der Waals surface area contributed by atoms with Crippen molar-refractivity contribution in [1.29, 1.82) is 0 Å². The number of aliphatic carboxylic acids is 2. The fourth-order valence-electron chi connectivity index (χ4n) is 0.319. The first kappa shape index (κ1) is 6.07. The van der Waals surface area contributed by atoms with Crippen LogP contribution in [-0.2, 0) is 9.59 Å². The van der Waals surface area contributed by atoms with Gasteiger partial charge in [0.25, 0.3) is 0 Å². The summed E-state index contributed by atoms with van der Waals surface area (Å²) < 4.78 is 6.76. The molecule has 0 aliphatic heterocycles. The number of carboxylic acids is 2. The molecule has 2 N–H and O–H groups in total. The molecule has 0 radical (unpaired) electrons. The molecule has 0 spiro atoms. The van der Waals surface area contributed by atoms with Gasteiger partial charge >= 0.3 is 11.9 Å². The van der Waals surface area contributed by atoms with Crippen LogP contribution in [-0.4, -0.2) is 22.2 Å². The van der Waals surface area contributed by atoms with E-state index < -0.39 is 18.3 Å². The third-order valence-electron chi connectivity index (χ3n) is 0.677. The average molecular weight is 133 g/mol. The lowest BCUT2D eigenvalue weighted by Crippen LogP contribution is -1.98. The Hall–Kier alpha value is -1.06. The zero-order valence-corrected chi connectivity index (χ0v) is 4.70. The van der Waals surface area contributed by atoms with Crippen molar-refractivity contribution in [1.82, 2.24) is 0 Å². The first-order chi connectivity index (χ1) is 4.54. The minimum absolute atomic E-state index is 0.134. The molecule has 1 unspecified atom stereocenters. The second-order valence-electron chi connectivity index (χ2n) is 1.47. The molecular weight excluding hydrogens is 124 g/mol. The molecule has 0 aromatic carbocycles. The Morgan fingerprint density at radius 1 is 1.33 bits per heavy atom. The van der Waals surface area contributed by atoms with Crippen LogP contribution in [0, 0.1) is 0 Å². The molecule has 0 heterocycles. The van der Waals surface area contributed by atoms with Gasteiger partial charge in [0, 0.05) is 14.2 Å². The average Bonchev–Trinajstić information content (AvgIpc) is 1.82. The predicted molar refractivity (Wildman–Crippen MR) is 29.1 cm³/mol.